The molecule has 6 nitrogen and oxygen atoms in total. The zero-order valence-corrected chi connectivity index (χ0v) is 17.6. The summed E-state index contributed by atoms with van der Waals surface area (Å²) in [6, 6.07) is 11.5. The molecule has 1 heterocycles. The number of carbonyl (C=O) groups is 1. The standard InChI is InChI=1S/C23H27N3O3/c1-15-6-7-16(2)22(10-15)29-14-19-11-18(8-9-21(19)28-5)23(27)24-12-20-13-26(4)25-17(20)3/h6-11,13H,12,14H2,1-5H3,(H,24,27). The molecule has 0 bridgehead atoms. The fourth-order valence-corrected chi connectivity index (χ4v) is 3.15. The fourth-order valence-electron chi connectivity index (χ4n) is 3.15. The zero-order chi connectivity index (χ0) is 21.0. The van der Waals surface area contributed by atoms with Crippen LogP contribution in [-0.4, -0.2) is 22.8 Å². The van der Waals surface area contributed by atoms with Crippen LogP contribution >= 0.6 is 0 Å². The van der Waals surface area contributed by atoms with Crippen LogP contribution in [0.1, 0.15) is 38.3 Å². The summed E-state index contributed by atoms with van der Waals surface area (Å²) in [5, 5.41) is 7.25. The van der Waals surface area contributed by atoms with E-state index >= 15 is 0 Å². The first-order valence-electron chi connectivity index (χ1n) is 9.51. The van der Waals surface area contributed by atoms with Gasteiger partial charge in [0.15, 0.2) is 0 Å². The average Bonchev–Trinajstić information content (AvgIpc) is 3.03. The quantitative estimate of drug-likeness (QED) is 0.662. The molecule has 0 aliphatic carbocycles. The Morgan fingerprint density at radius 3 is 2.55 bits per heavy atom. The van der Waals surface area contributed by atoms with Crippen LogP contribution in [0.3, 0.4) is 0 Å². The van der Waals surface area contributed by atoms with Gasteiger partial charge in [-0.25, -0.2) is 0 Å². The van der Waals surface area contributed by atoms with Crippen molar-refractivity contribution < 1.29 is 14.3 Å². The zero-order valence-electron chi connectivity index (χ0n) is 17.6. The lowest BCUT2D eigenvalue weighted by Crippen LogP contribution is -2.23. The van der Waals surface area contributed by atoms with Gasteiger partial charge >= 0.3 is 0 Å². The molecule has 3 aromatic rings. The van der Waals surface area contributed by atoms with Crippen molar-refractivity contribution in [2.24, 2.45) is 7.05 Å². The summed E-state index contributed by atoms with van der Waals surface area (Å²) in [5.74, 6) is 1.37. The Hall–Kier alpha value is -3.28. The molecule has 0 fully saturated rings. The first-order chi connectivity index (χ1) is 13.9. The van der Waals surface area contributed by atoms with Crippen LogP contribution in [0.5, 0.6) is 11.5 Å². The van der Waals surface area contributed by atoms with Gasteiger partial charge < -0.3 is 14.8 Å². The third kappa shape index (κ3) is 4.96. The Kier molecular flexibility index (Phi) is 6.22. The van der Waals surface area contributed by atoms with Gasteiger partial charge in [0.2, 0.25) is 0 Å². The summed E-state index contributed by atoms with van der Waals surface area (Å²) < 4.78 is 13.2. The highest BCUT2D eigenvalue weighted by atomic mass is 16.5. The molecule has 0 aliphatic rings. The molecule has 0 radical (unpaired) electrons. The normalized spacial score (nSPS) is 10.7. The Morgan fingerprint density at radius 2 is 1.86 bits per heavy atom. The van der Waals surface area contributed by atoms with E-state index in [0.29, 0.717) is 24.5 Å². The molecule has 2 aromatic carbocycles. The predicted molar refractivity (Wildman–Crippen MR) is 112 cm³/mol. The van der Waals surface area contributed by atoms with E-state index in [-0.39, 0.29) is 5.91 Å². The molecule has 29 heavy (non-hydrogen) atoms. The number of nitrogens with zero attached hydrogens (tertiary/aromatic N) is 2. The molecule has 0 atom stereocenters. The van der Waals surface area contributed by atoms with Crippen molar-refractivity contribution in [3.05, 3.63) is 76.1 Å². The predicted octanol–water partition coefficient (Wildman–Crippen LogP) is 3.86. The first-order valence-corrected chi connectivity index (χ1v) is 9.51. The molecule has 3 rings (SSSR count). The van der Waals surface area contributed by atoms with E-state index in [9.17, 15) is 4.79 Å². The van der Waals surface area contributed by atoms with Crippen LogP contribution in [0.25, 0.3) is 0 Å². The molecule has 1 N–H and O–H groups in total. The minimum Gasteiger partial charge on any atom is -0.496 e. The van der Waals surface area contributed by atoms with Gasteiger partial charge in [0, 0.05) is 36.5 Å². The Balaban J connectivity index is 1.72. The largest absolute Gasteiger partial charge is 0.496 e. The van der Waals surface area contributed by atoms with E-state index < -0.39 is 0 Å². The van der Waals surface area contributed by atoms with Gasteiger partial charge in [0.1, 0.15) is 18.1 Å². The molecule has 152 valence electrons. The molecule has 6 heteroatoms. The maximum absolute atomic E-state index is 12.6. The van der Waals surface area contributed by atoms with Crippen LogP contribution in [0, 0.1) is 20.8 Å². The summed E-state index contributed by atoms with van der Waals surface area (Å²) in [5.41, 5.74) is 5.48. The molecule has 0 saturated heterocycles. The van der Waals surface area contributed by atoms with Gasteiger partial charge in [-0.2, -0.15) is 5.10 Å². The summed E-state index contributed by atoms with van der Waals surface area (Å²) in [7, 11) is 3.48. The number of benzene rings is 2. The van der Waals surface area contributed by atoms with Gasteiger partial charge in [-0.3, -0.25) is 9.48 Å². The van der Waals surface area contributed by atoms with Crippen molar-refractivity contribution in [2.45, 2.75) is 33.9 Å². The highest BCUT2D eigenvalue weighted by Gasteiger charge is 2.13. The molecule has 0 saturated carbocycles. The van der Waals surface area contributed by atoms with Crippen molar-refractivity contribution in [3.8, 4) is 11.5 Å². The molecule has 1 aromatic heterocycles. The van der Waals surface area contributed by atoms with Crippen LogP contribution in [0.15, 0.2) is 42.6 Å². The number of amides is 1. The first kappa shape index (κ1) is 20.5. The Bertz CT molecular complexity index is 1020. The van der Waals surface area contributed by atoms with E-state index in [1.165, 1.54) is 0 Å². The summed E-state index contributed by atoms with van der Waals surface area (Å²) >= 11 is 0. The third-order valence-corrected chi connectivity index (χ3v) is 4.82. The maximum Gasteiger partial charge on any atom is 0.251 e. The van der Waals surface area contributed by atoms with E-state index in [1.54, 1.807) is 23.9 Å². The lowest BCUT2D eigenvalue weighted by molar-refractivity contribution is 0.0950. The highest BCUT2D eigenvalue weighted by Crippen LogP contribution is 2.25. The summed E-state index contributed by atoms with van der Waals surface area (Å²) in [6.45, 7) is 6.71. The van der Waals surface area contributed by atoms with E-state index in [1.807, 2.05) is 52.2 Å². The van der Waals surface area contributed by atoms with Crippen molar-refractivity contribution >= 4 is 5.91 Å². The number of carbonyl (C=O) groups excluding carboxylic acids is 1. The molecule has 0 unspecified atom stereocenters. The number of hydrogen-bond donors (Lipinski definition) is 1. The van der Waals surface area contributed by atoms with Gasteiger partial charge in [0.25, 0.3) is 5.91 Å². The van der Waals surface area contributed by atoms with Gasteiger partial charge in [-0.05, 0) is 56.2 Å². The Morgan fingerprint density at radius 1 is 1.07 bits per heavy atom. The van der Waals surface area contributed by atoms with Crippen molar-refractivity contribution in [1.82, 2.24) is 15.1 Å². The topological polar surface area (TPSA) is 65.4 Å². The van der Waals surface area contributed by atoms with Crippen LogP contribution < -0.4 is 14.8 Å². The lowest BCUT2D eigenvalue weighted by Gasteiger charge is -2.14. The molecule has 0 aliphatic heterocycles. The fraction of sp³-hybridized carbons (Fsp3) is 0.304. The lowest BCUT2D eigenvalue weighted by atomic mass is 10.1. The number of hydrogen-bond acceptors (Lipinski definition) is 4. The summed E-state index contributed by atoms with van der Waals surface area (Å²) in [6.07, 6.45) is 1.91. The number of rotatable bonds is 7. The maximum atomic E-state index is 12.6. The minimum absolute atomic E-state index is 0.149. The third-order valence-electron chi connectivity index (χ3n) is 4.82. The summed E-state index contributed by atoms with van der Waals surface area (Å²) in [4.78, 5) is 12.6. The second kappa shape index (κ2) is 8.82. The molecule has 1 amide bonds. The minimum atomic E-state index is -0.149. The van der Waals surface area contributed by atoms with Crippen molar-refractivity contribution in [2.75, 3.05) is 7.11 Å². The van der Waals surface area contributed by atoms with Crippen LogP contribution in [0.4, 0.5) is 0 Å². The average molecular weight is 393 g/mol. The van der Waals surface area contributed by atoms with Gasteiger partial charge in [0.05, 0.1) is 12.8 Å². The number of aryl methyl sites for hydroxylation is 4. The smallest absolute Gasteiger partial charge is 0.251 e. The van der Waals surface area contributed by atoms with E-state index in [4.69, 9.17) is 9.47 Å². The van der Waals surface area contributed by atoms with E-state index in [2.05, 4.69) is 16.5 Å². The number of nitrogens with one attached hydrogen (secondary N) is 1. The molecular weight excluding hydrogens is 366 g/mol. The van der Waals surface area contributed by atoms with Gasteiger partial charge in [-0.1, -0.05) is 12.1 Å². The van der Waals surface area contributed by atoms with Crippen molar-refractivity contribution in [3.63, 3.8) is 0 Å². The molecular formula is C23H27N3O3. The second-order valence-electron chi connectivity index (χ2n) is 7.18. The number of methoxy groups -OCH3 is 1. The van der Waals surface area contributed by atoms with Crippen LogP contribution in [-0.2, 0) is 20.2 Å². The SMILES string of the molecule is COc1ccc(C(=O)NCc2cn(C)nc2C)cc1COc1cc(C)ccc1C. The van der Waals surface area contributed by atoms with Crippen molar-refractivity contribution in [1.29, 1.82) is 0 Å². The monoisotopic (exact) mass is 393 g/mol. The Labute approximate surface area is 171 Å². The molecule has 0 spiro atoms. The highest BCUT2D eigenvalue weighted by molar-refractivity contribution is 5.94. The second-order valence-corrected chi connectivity index (χ2v) is 7.18. The van der Waals surface area contributed by atoms with E-state index in [0.717, 1.165) is 33.7 Å². The number of ether oxygens (including phenoxy) is 2. The van der Waals surface area contributed by atoms with Crippen LogP contribution in [0.2, 0.25) is 0 Å². The van der Waals surface area contributed by atoms with Gasteiger partial charge in [-0.15, -0.1) is 0 Å². The number of aromatic nitrogens is 2.